The molecule has 0 aliphatic carbocycles. The number of phenols is 1. The highest BCUT2D eigenvalue weighted by Crippen LogP contribution is 2.23. The summed E-state index contributed by atoms with van der Waals surface area (Å²) < 4.78 is 0. The highest BCUT2D eigenvalue weighted by Gasteiger charge is 2.29. The first-order chi connectivity index (χ1) is 10.9. The first kappa shape index (κ1) is 17.3. The van der Waals surface area contributed by atoms with Crippen molar-refractivity contribution >= 4 is 11.8 Å². The number of aromatic hydroxyl groups is 1. The summed E-state index contributed by atoms with van der Waals surface area (Å²) in [6.45, 7) is 7.26. The molecule has 5 nitrogen and oxygen atoms in total. The molecule has 0 aromatic heterocycles. The predicted octanol–water partition coefficient (Wildman–Crippen LogP) is 2.41. The van der Waals surface area contributed by atoms with Crippen LogP contribution in [-0.2, 0) is 4.79 Å². The highest BCUT2D eigenvalue weighted by atomic mass is 16.3. The van der Waals surface area contributed by atoms with Gasteiger partial charge in [0.1, 0.15) is 5.75 Å². The summed E-state index contributed by atoms with van der Waals surface area (Å²) >= 11 is 0. The van der Waals surface area contributed by atoms with Crippen LogP contribution in [0, 0.1) is 11.8 Å². The van der Waals surface area contributed by atoms with Crippen LogP contribution in [0.15, 0.2) is 24.3 Å². The monoisotopic (exact) mass is 318 g/mol. The van der Waals surface area contributed by atoms with E-state index >= 15 is 0 Å². The van der Waals surface area contributed by atoms with E-state index in [1.807, 2.05) is 6.92 Å². The number of hydrogen-bond donors (Lipinski definition) is 2. The number of benzene rings is 1. The first-order valence-corrected chi connectivity index (χ1v) is 8.27. The maximum atomic E-state index is 12.4. The fourth-order valence-electron chi connectivity index (χ4n) is 2.68. The van der Waals surface area contributed by atoms with Gasteiger partial charge in [-0.2, -0.15) is 0 Å². The lowest BCUT2D eigenvalue weighted by molar-refractivity contribution is -0.127. The smallest absolute Gasteiger partial charge is 0.257 e. The summed E-state index contributed by atoms with van der Waals surface area (Å²) in [5.74, 6) is 0.285. The van der Waals surface area contributed by atoms with Gasteiger partial charge in [-0.1, -0.05) is 26.0 Å². The minimum atomic E-state index is -0.169. The van der Waals surface area contributed by atoms with Crippen LogP contribution >= 0.6 is 0 Å². The van der Waals surface area contributed by atoms with Crippen molar-refractivity contribution in [1.29, 1.82) is 0 Å². The van der Waals surface area contributed by atoms with Gasteiger partial charge in [0, 0.05) is 25.0 Å². The molecule has 0 radical (unpaired) electrons. The van der Waals surface area contributed by atoms with E-state index in [1.165, 1.54) is 6.07 Å². The molecule has 1 heterocycles. The molecule has 1 aromatic carbocycles. The molecule has 2 rings (SSSR count). The Morgan fingerprint density at radius 1 is 1.17 bits per heavy atom. The van der Waals surface area contributed by atoms with Crippen molar-refractivity contribution in [1.82, 2.24) is 10.2 Å². The number of piperidine rings is 1. The van der Waals surface area contributed by atoms with Crippen LogP contribution < -0.4 is 5.32 Å². The molecule has 2 N–H and O–H groups in total. The Morgan fingerprint density at radius 3 is 2.35 bits per heavy atom. The number of rotatable bonds is 4. The molecule has 5 heteroatoms. The van der Waals surface area contributed by atoms with E-state index in [1.54, 1.807) is 23.1 Å². The van der Waals surface area contributed by atoms with Gasteiger partial charge in [-0.25, -0.2) is 0 Å². The molecule has 23 heavy (non-hydrogen) atoms. The van der Waals surface area contributed by atoms with Gasteiger partial charge >= 0.3 is 0 Å². The molecule has 2 amide bonds. The van der Waals surface area contributed by atoms with Crippen LogP contribution in [0.5, 0.6) is 5.75 Å². The number of hydrogen-bond acceptors (Lipinski definition) is 3. The van der Waals surface area contributed by atoms with E-state index in [-0.39, 0.29) is 29.5 Å². The van der Waals surface area contributed by atoms with Gasteiger partial charge in [0.15, 0.2) is 0 Å². The third kappa shape index (κ3) is 4.24. The number of phenolic OH excluding ortho intramolecular Hbond substituents is 1. The number of nitrogens with zero attached hydrogens (tertiary/aromatic N) is 1. The second-order valence-electron chi connectivity index (χ2n) is 6.62. The largest absolute Gasteiger partial charge is 0.507 e. The van der Waals surface area contributed by atoms with Crippen molar-refractivity contribution in [2.24, 2.45) is 11.8 Å². The lowest BCUT2D eigenvalue weighted by atomic mass is 9.94. The number of carbonyl (C=O) groups excluding carboxylic acids is 2. The quantitative estimate of drug-likeness (QED) is 0.895. The van der Waals surface area contributed by atoms with Gasteiger partial charge < -0.3 is 15.3 Å². The number of nitrogens with one attached hydrogen (secondary N) is 1. The van der Waals surface area contributed by atoms with Gasteiger partial charge in [0.2, 0.25) is 5.91 Å². The Kier molecular flexibility index (Phi) is 5.64. The van der Waals surface area contributed by atoms with Gasteiger partial charge in [-0.05, 0) is 37.8 Å². The molecule has 126 valence electrons. The summed E-state index contributed by atoms with van der Waals surface area (Å²) in [6, 6.07) is 6.73. The highest BCUT2D eigenvalue weighted by molar-refractivity contribution is 5.97. The molecule has 1 saturated heterocycles. The number of carbonyl (C=O) groups is 2. The Morgan fingerprint density at radius 2 is 1.78 bits per heavy atom. The van der Waals surface area contributed by atoms with E-state index in [4.69, 9.17) is 0 Å². The van der Waals surface area contributed by atoms with E-state index in [0.29, 0.717) is 37.4 Å². The minimum Gasteiger partial charge on any atom is -0.507 e. The normalized spacial score (nSPS) is 17.1. The second-order valence-corrected chi connectivity index (χ2v) is 6.62. The summed E-state index contributed by atoms with van der Waals surface area (Å²) in [7, 11) is 0. The molecule has 0 spiro atoms. The molecular weight excluding hydrogens is 292 g/mol. The zero-order valence-corrected chi connectivity index (χ0v) is 14.1. The summed E-state index contributed by atoms with van der Waals surface area (Å²) in [4.78, 5) is 26.4. The van der Waals surface area contributed by atoms with Crippen LogP contribution in [0.4, 0.5) is 0 Å². The fourth-order valence-corrected chi connectivity index (χ4v) is 2.68. The predicted molar refractivity (Wildman–Crippen MR) is 89.2 cm³/mol. The lowest BCUT2D eigenvalue weighted by Gasteiger charge is -2.32. The van der Waals surface area contributed by atoms with Crippen molar-refractivity contribution in [2.75, 3.05) is 13.1 Å². The lowest BCUT2D eigenvalue weighted by Crippen LogP contribution is -2.45. The molecule has 1 aromatic rings. The first-order valence-electron chi connectivity index (χ1n) is 8.27. The SMILES string of the molecule is CC(C)[C@@H](C)NC(=O)C1CCN(C(=O)c2ccccc2O)CC1. The van der Waals surface area contributed by atoms with Gasteiger partial charge in [0.25, 0.3) is 5.91 Å². The topological polar surface area (TPSA) is 69.6 Å². The molecule has 0 unspecified atom stereocenters. The number of likely N-dealkylation sites (tertiary alicyclic amines) is 1. The number of para-hydroxylation sites is 1. The molecule has 0 saturated carbocycles. The molecular formula is C18H26N2O3. The van der Waals surface area contributed by atoms with Crippen molar-refractivity contribution in [2.45, 2.75) is 39.7 Å². The standard InChI is InChI=1S/C18H26N2O3/c1-12(2)13(3)19-17(22)14-8-10-20(11-9-14)18(23)15-6-4-5-7-16(15)21/h4-7,12-14,21H,8-11H2,1-3H3,(H,19,22)/t13-/m1/s1. The average Bonchev–Trinajstić information content (AvgIpc) is 2.54. The van der Waals surface area contributed by atoms with Crippen LogP contribution in [0.25, 0.3) is 0 Å². The third-order valence-corrected chi connectivity index (χ3v) is 4.66. The van der Waals surface area contributed by atoms with Crippen LogP contribution in [-0.4, -0.2) is 41.0 Å². The molecule has 1 fully saturated rings. The molecule has 1 aliphatic heterocycles. The van der Waals surface area contributed by atoms with Crippen LogP contribution in [0.1, 0.15) is 44.0 Å². The van der Waals surface area contributed by atoms with E-state index in [2.05, 4.69) is 19.2 Å². The summed E-state index contributed by atoms with van der Waals surface area (Å²) in [5.41, 5.74) is 0.323. The molecule has 0 bridgehead atoms. The van der Waals surface area contributed by atoms with Gasteiger partial charge in [-0.3, -0.25) is 9.59 Å². The van der Waals surface area contributed by atoms with Crippen molar-refractivity contribution in [3.05, 3.63) is 29.8 Å². The average molecular weight is 318 g/mol. The van der Waals surface area contributed by atoms with E-state index in [0.717, 1.165) is 0 Å². The van der Waals surface area contributed by atoms with Crippen molar-refractivity contribution < 1.29 is 14.7 Å². The maximum absolute atomic E-state index is 12.4. The molecule has 1 aliphatic rings. The minimum absolute atomic E-state index is 0.00289. The zero-order chi connectivity index (χ0) is 17.0. The fraction of sp³-hybridized carbons (Fsp3) is 0.556. The van der Waals surface area contributed by atoms with Gasteiger partial charge in [-0.15, -0.1) is 0 Å². The third-order valence-electron chi connectivity index (χ3n) is 4.66. The summed E-state index contributed by atoms with van der Waals surface area (Å²) in [5, 5.41) is 12.8. The Hall–Kier alpha value is -2.04. The van der Waals surface area contributed by atoms with Crippen LogP contribution in [0.3, 0.4) is 0 Å². The zero-order valence-electron chi connectivity index (χ0n) is 14.1. The maximum Gasteiger partial charge on any atom is 0.257 e. The van der Waals surface area contributed by atoms with E-state index in [9.17, 15) is 14.7 Å². The van der Waals surface area contributed by atoms with Crippen molar-refractivity contribution in [3.8, 4) is 5.75 Å². The second kappa shape index (κ2) is 7.49. The Labute approximate surface area is 137 Å². The Balaban J connectivity index is 1.90. The van der Waals surface area contributed by atoms with E-state index < -0.39 is 0 Å². The van der Waals surface area contributed by atoms with Crippen LogP contribution in [0.2, 0.25) is 0 Å². The number of amides is 2. The Bertz CT molecular complexity index is 563. The molecule has 1 atom stereocenters. The summed E-state index contributed by atoms with van der Waals surface area (Å²) in [6.07, 6.45) is 1.33. The van der Waals surface area contributed by atoms with Gasteiger partial charge in [0.05, 0.1) is 5.56 Å². The van der Waals surface area contributed by atoms with Crippen molar-refractivity contribution in [3.63, 3.8) is 0 Å².